The molecule has 0 amide bonds. The highest BCUT2D eigenvalue weighted by atomic mass is 16.7. The number of carbonyl (C=O) groups excluding carboxylic acids is 4. The van der Waals surface area contributed by atoms with E-state index in [1.54, 1.807) is 24.3 Å². The fourth-order valence-electron chi connectivity index (χ4n) is 2.63. The lowest BCUT2D eigenvalue weighted by Gasteiger charge is -2.07. The number of hydrogen-bond acceptors (Lipinski definition) is 8. The maximum atomic E-state index is 11.7. The van der Waals surface area contributed by atoms with Gasteiger partial charge in [-0.3, -0.25) is 19.2 Å². The molecule has 0 aliphatic carbocycles. The van der Waals surface area contributed by atoms with Crippen LogP contribution in [0.2, 0.25) is 0 Å². The number of benzene rings is 2. The molecule has 0 saturated carbocycles. The first-order chi connectivity index (χ1) is 15.5. The normalized spacial score (nSPS) is 10.1. The van der Waals surface area contributed by atoms with E-state index < -0.39 is 37.5 Å². The van der Waals surface area contributed by atoms with Crippen LogP contribution < -0.4 is 0 Å². The van der Waals surface area contributed by atoms with Gasteiger partial charge in [-0.25, -0.2) is 0 Å². The molecule has 0 saturated heterocycles. The molecule has 2 aromatic rings. The third kappa shape index (κ3) is 10.9. The molecular weight excluding hydrogens is 416 g/mol. The number of rotatable bonds is 13. The zero-order chi connectivity index (χ0) is 23.0. The molecule has 0 aromatic heterocycles. The van der Waals surface area contributed by atoms with Crippen LogP contribution in [-0.4, -0.2) is 37.5 Å². The van der Waals surface area contributed by atoms with Crippen molar-refractivity contribution in [1.29, 1.82) is 0 Å². The molecule has 170 valence electrons. The molecule has 32 heavy (non-hydrogen) atoms. The molecule has 0 radical (unpaired) electrons. The average Bonchev–Trinajstić information content (AvgIpc) is 2.78. The molecule has 0 atom stereocenters. The van der Waals surface area contributed by atoms with Crippen LogP contribution in [-0.2, 0) is 51.0 Å². The van der Waals surface area contributed by atoms with Crippen LogP contribution in [0.15, 0.2) is 60.7 Å². The number of hydrogen-bond donors (Lipinski definition) is 0. The smallest absolute Gasteiger partial charge is 0.313 e. The Morgan fingerprint density at radius 1 is 0.500 bits per heavy atom. The number of ether oxygens (including phenoxy) is 4. The second-order valence-electron chi connectivity index (χ2n) is 6.83. The van der Waals surface area contributed by atoms with Gasteiger partial charge in [0.1, 0.15) is 0 Å². The topological polar surface area (TPSA) is 105 Å². The van der Waals surface area contributed by atoms with Gasteiger partial charge in [-0.05, 0) is 24.0 Å². The summed E-state index contributed by atoms with van der Waals surface area (Å²) in [6, 6.07) is 18.2. The standard InChI is InChI=1S/C24H26O8/c25-21(29-17-31-23(27)15-19-9-3-1-4-10-19)13-7-8-14-22(26)30-18-32-24(28)16-20-11-5-2-6-12-20/h1-6,9-12H,7-8,13-18H2. The summed E-state index contributed by atoms with van der Waals surface area (Å²) in [5.74, 6) is -2.03. The van der Waals surface area contributed by atoms with Gasteiger partial charge in [0.2, 0.25) is 13.6 Å². The van der Waals surface area contributed by atoms with Crippen LogP contribution in [0.3, 0.4) is 0 Å². The number of unbranched alkanes of at least 4 members (excludes halogenated alkanes) is 1. The Labute approximate surface area is 186 Å². The summed E-state index contributed by atoms with van der Waals surface area (Å²) in [7, 11) is 0. The van der Waals surface area contributed by atoms with Gasteiger partial charge in [0.25, 0.3) is 0 Å². The molecule has 8 heteroatoms. The van der Waals surface area contributed by atoms with Gasteiger partial charge < -0.3 is 18.9 Å². The third-order valence-corrected chi connectivity index (χ3v) is 4.27. The highest BCUT2D eigenvalue weighted by Gasteiger charge is 2.10. The fourth-order valence-corrected chi connectivity index (χ4v) is 2.63. The number of carbonyl (C=O) groups is 4. The zero-order valence-corrected chi connectivity index (χ0v) is 17.7. The Hall–Kier alpha value is -3.68. The van der Waals surface area contributed by atoms with Gasteiger partial charge in [0.15, 0.2) is 0 Å². The lowest BCUT2D eigenvalue weighted by molar-refractivity contribution is -0.169. The van der Waals surface area contributed by atoms with E-state index in [1.807, 2.05) is 36.4 Å². The van der Waals surface area contributed by atoms with Crippen LogP contribution in [0.25, 0.3) is 0 Å². The number of esters is 4. The molecule has 0 fully saturated rings. The summed E-state index contributed by atoms with van der Waals surface area (Å²) >= 11 is 0. The van der Waals surface area contributed by atoms with E-state index in [0.717, 1.165) is 11.1 Å². The van der Waals surface area contributed by atoms with Gasteiger partial charge in [0.05, 0.1) is 12.8 Å². The maximum Gasteiger partial charge on any atom is 0.313 e. The van der Waals surface area contributed by atoms with Crippen molar-refractivity contribution in [1.82, 2.24) is 0 Å². The third-order valence-electron chi connectivity index (χ3n) is 4.27. The van der Waals surface area contributed by atoms with Crippen molar-refractivity contribution < 1.29 is 38.1 Å². The molecule has 0 aliphatic heterocycles. The Kier molecular flexibility index (Phi) is 11.0. The second kappa shape index (κ2) is 14.3. The molecular formula is C24H26O8. The molecule has 0 aliphatic rings. The van der Waals surface area contributed by atoms with E-state index in [0.29, 0.717) is 12.8 Å². The minimum Gasteiger partial charge on any atom is -0.428 e. The van der Waals surface area contributed by atoms with Gasteiger partial charge in [-0.15, -0.1) is 0 Å². The van der Waals surface area contributed by atoms with Crippen molar-refractivity contribution in [2.24, 2.45) is 0 Å². The second-order valence-corrected chi connectivity index (χ2v) is 6.83. The van der Waals surface area contributed by atoms with Crippen molar-refractivity contribution in [2.45, 2.75) is 38.5 Å². The highest BCUT2D eigenvalue weighted by molar-refractivity contribution is 5.74. The Morgan fingerprint density at radius 3 is 1.22 bits per heavy atom. The average molecular weight is 442 g/mol. The molecule has 0 unspecified atom stereocenters. The lowest BCUT2D eigenvalue weighted by atomic mass is 10.2. The summed E-state index contributed by atoms with van der Waals surface area (Å²) in [6.45, 7) is -0.887. The van der Waals surface area contributed by atoms with Crippen LogP contribution in [0, 0.1) is 0 Å². The predicted octanol–water partition coefficient (Wildman–Crippen LogP) is 3.12. The minimum atomic E-state index is -0.527. The van der Waals surface area contributed by atoms with Crippen molar-refractivity contribution >= 4 is 23.9 Å². The predicted molar refractivity (Wildman–Crippen MR) is 113 cm³/mol. The van der Waals surface area contributed by atoms with E-state index in [4.69, 9.17) is 18.9 Å². The first-order valence-electron chi connectivity index (χ1n) is 10.2. The summed E-state index contributed by atoms with van der Waals surface area (Å²) in [5.41, 5.74) is 1.61. The Morgan fingerprint density at radius 2 is 0.844 bits per heavy atom. The van der Waals surface area contributed by atoms with Gasteiger partial charge in [0, 0.05) is 12.8 Å². The lowest BCUT2D eigenvalue weighted by Crippen LogP contribution is -2.15. The quantitative estimate of drug-likeness (QED) is 0.265. The minimum absolute atomic E-state index is 0.0789. The Bertz CT molecular complexity index is 791. The largest absolute Gasteiger partial charge is 0.428 e. The molecule has 0 spiro atoms. The summed E-state index contributed by atoms with van der Waals surface area (Å²) in [4.78, 5) is 46.6. The molecule has 2 rings (SSSR count). The fraction of sp³-hybridized carbons (Fsp3) is 0.333. The first kappa shape index (κ1) is 24.6. The molecule has 0 bridgehead atoms. The van der Waals surface area contributed by atoms with E-state index in [2.05, 4.69) is 0 Å². The molecule has 0 heterocycles. The molecule has 0 N–H and O–H groups in total. The van der Waals surface area contributed by atoms with Gasteiger partial charge >= 0.3 is 23.9 Å². The van der Waals surface area contributed by atoms with Crippen LogP contribution in [0.5, 0.6) is 0 Å². The molecule has 8 nitrogen and oxygen atoms in total. The van der Waals surface area contributed by atoms with Crippen molar-refractivity contribution in [3.63, 3.8) is 0 Å². The van der Waals surface area contributed by atoms with Crippen molar-refractivity contribution in [3.8, 4) is 0 Å². The first-order valence-corrected chi connectivity index (χ1v) is 10.2. The zero-order valence-electron chi connectivity index (χ0n) is 17.7. The Balaban J connectivity index is 1.45. The van der Waals surface area contributed by atoms with E-state index >= 15 is 0 Å². The summed E-state index contributed by atoms with van der Waals surface area (Å²) in [5, 5.41) is 0. The van der Waals surface area contributed by atoms with E-state index in [1.165, 1.54) is 0 Å². The van der Waals surface area contributed by atoms with Gasteiger partial charge in [-0.2, -0.15) is 0 Å². The summed E-state index contributed by atoms with van der Waals surface area (Å²) < 4.78 is 19.4. The van der Waals surface area contributed by atoms with Crippen molar-refractivity contribution in [2.75, 3.05) is 13.6 Å². The monoisotopic (exact) mass is 442 g/mol. The van der Waals surface area contributed by atoms with Crippen LogP contribution in [0.4, 0.5) is 0 Å². The maximum absolute atomic E-state index is 11.7. The highest BCUT2D eigenvalue weighted by Crippen LogP contribution is 2.05. The SMILES string of the molecule is O=C(CCCCC(=O)OCOC(=O)Cc1ccccc1)OCOC(=O)Cc1ccccc1. The van der Waals surface area contributed by atoms with Crippen LogP contribution in [0.1, 0.15) is 36.8 Å². The summed E-state index contributed by atoms with van der Waals surface area (Å²) in [6.07, 6.45) is 1.16. The van der Waals surface area contributed by atoms with Gasteiger partial charge in [-0.1, -0.05) is 60.7 Å². The molecule has 2 aromatic carbocycles. The van der Waals surface area contributed by atoms with Crippen molar-refractivity contribution in [3.05, 3.63) is 71.8 Å². The van der Waals surface area contributed by atoms with Crippen LogP contribution >= 0.6 is 0 Å². The van der Waals surface area contributed by atoms with E-state index in [9.17, 15) is 19.2 Å². The van der Waals surface area contributed by atoms with E-state index in [-0.39, 0.29) is 25.7 Å².